The molecule has 1 aliphatic rings. The lowest BCUT2D eigenvalue weighted by atomic mass is 10.2. The minimum absolute atomic E-state index is 0.0614. The molecule has 0 radical (unpaired) electrons. The zero-order valence-electron chi connectivity index (χ0n) is 6.43. The molecule has 0 aromatic rings. The molecule has 72 valence electrons. The summed E-state index contributed by atoms with van der Waals surface area (Å²) in [5.74, 6) is -0.123. The average Bonchev–Trinajstić information content (AvgIpc) is 1.83. The van der Waals surface area contributed by atoms with Crippen molar-refractivity contribution in [2.45, 2.75) is 18.1 Å². The van der Waals surface area contributed by atoms with E-state index in [-0.39, 0.29) is 24.3 Å². The SMILES string of the molecule is NS(=O)(=O)C1CCS(=O)(=O)CC1. The summed E-state index contributed by atoms with van der Waals surface area (Å²) in [6.45, 7) is 0. The van der Waals surface area contributed by atoms with Crippen LogP contribution in [-0.2, 0) is 19.9 Å². The molecule has 1 aliphatic heterocycles. The van der Waals surface area contributed by atoms with Gasteiger partial charge in [0, 0.05) is 0 Å². The first-order chi connectivity index (χ1) is 5.31. The highest BCUT2D eigenvalue weighted by molar-refractivity contribution is 7.92. The van der Waals surface area contributed by atoms with E-state index in [2.05, 4.69) is 0 Å². The van der Waals surface area contributed by atoms with Crippen LogP contribution in [0.2, 0.25) is 0 Å². The molecule has 12 heavy (non-hydrogen) atoms. The average molecular weight is 213 g/mol. The summed E-state index contributed by atoms with van der Waals surface area (Å²) < 4.78 is 43.3. The van der Waals surface area contributed by atoms with Crippen LogP contribution in [0.3, 0.4) is 0 Å². The van der Waals surface area contributed by atoms with Crippen LogP contribution in [0.25, 0.3) is 0 Å². The van der Waals surface area contributed by atoms with Crippen molar-refractivity contribution in [1.82, 2.24) is 0 Å². The fourth-order valence-electron chi connectivity index (χ4n) is 1.20. The quantitative estimate of drug-likeness (QED) is 0.595. The molecule has 0 amide bonds. The summed E-state index contributed by atoms with van der Waals surface area (Å²) >= 11 is 0. The van der Waals surface area contributed by atoms with Crippen molar-refractivity contribution in [3.63, 3.8) is 0 Å². The molecule has 1 rings (SSSR count). The standard InChI is InChI=1S/C5H11NO4S2/c6-12(9,10)5-1-3-11(7,8)4-2-5/h5H,1-4H2,(H2,6,9,10). The van der Waals surface area contributed by atoms with Gasteiger partial charge in [0.25, 0.3) is 0 Å². The van der Waals surface area contributed by atoms with Gasteiger partial charge in [-0.15, -0.1) is 0 Å². The lowest BCUT2D eigenvalue weighted by Crippen LogP contribution is -2.36. The van der Waals surface area contributed by atoms with Gasteiger partial charge in [-0.25, -0.2) is 22.0 Å². The molecule has 2 N–H and O–H groups in total. The summed E-state index contributed by atoms with van der Waals surface area (Å²) in [7, 11) is -6.54. The van der Waals surface area contributed by atoms with E-state index in [1.165, 1.54) is 0 Å². The third-order valence-electron chi connectivity index (χ3n) is 1.97. The zero-order valence-corrected chi connectivity index (χ0v) is 8.07. The van der Waals surface area contributed by atoms with Gasteiger partial charge in [0.15, 0.2) is 0 Å². The van der Waals surface area contributed by atoms with Gasteiger partial charge < -0.3 is 0 Å². The smallest absolute Gasteiger partial charge is 0.212 e. The van der Waals surface area contributed by atoms with E-state index in [1.807, 2.05) is 0 Å². The topological polar surface area (TPSA) is 94.3 Å². The predicted octanol–water partition coefficient (Wildman–Crippen LogP) is -1.15. The molecule has 0 spiro atoms. The highest BCUT2D eigenvalue weighted by Gasteiger charge is 2.30. The molecule has 1 saturated heterocycles. The van der Waals surface area contributed by atoms with Crippen molar-refractivity contribution in [3.05, 3.63) is 0 Å². The minimum Gasteiger partial charge on any atom is -0.229 e. The Morgan fingerprint density at radius 1 is 1.17 bits per heavy atom. The molecule has 0 saturated carbocycles. The first-order valence-corrected chi connectivity index (χ1v) is 6.96. The highest BCUT2D eigenvalue weighted by Crippen LogP contribution is 2.16. The first kappa shape index (κ1) is 9.94. The van der Waals surface area contributed by atoms with Gasteiger partial charge in [0.1, 0.15) is 9.84 Å². The van der Waals surface area contributed by atoms with Crippen molar-refractivity contribution >= 4 is 19.9 Å². The maximum Gasteiger partial charge on any atom is 0.212 e. The minimum atomic E-state index is -3.54. The Balaban J connectivity index is 2.71. The van der Waals surface area contributed by atoms with Crippen molar-refractivity contribution in [2.24, 2.45) is 5.14 Å². The van der Waals surface area contributed by atoms with E-state index in [4.69, 9.17) is 5.14 Å². The Morgan fingerprint density at radius 2 is 1.58 bits per heavy atom. The van der Waals surface area contributed by atoms with Crippen LogP contribution in [0, 0.1) is 0 Å². The third kappa shape index (κ3) is 2.43. The maximum absolute atomic E-state index is 10.9. The van der Waals surface area contributed by atoms with E-state index in [0.29, 0.717) is 0 Å². The summed E-state index contributed by atoms with van der Waals surface area (Å²) in [4.78, 5) is 0. The van der Waals surface area contributed by atoms with Crippen molar-refractivity contribution < 1.29 is 16.8 Å². The van der Waals surface area contributed by atoms with Crippen LogP contribution < -0.4 is 5.14 Å². The number of sulfone groups is 1. The normalized spacial score (nSPS) is 25.4. The molecule has 0 unspecified atom stereocenters. The Morgan fingerprint density at radius 3 is 1.92 bits per heavy atom. The Bertz CT molecular complexity index is 341. The first-order valence-electron chi connectivity index (χ1n) is 3.53. The van der Waals surface area contributed by atoms with Crippen molar-refractivity contribution in [3.8, 4) is 0 Å². The van der Waals surface area contributed by atoms with Gasteiger partial charge >= 0.3 is 0 Å². The van der Waals surface area contributed by atoms with Crippen LogP contribution >= 0.6 is 0 Å². The number of nitrogens with two attached hydrogens (primary N) is 1. The van der Waals surface area contributed by atoms with E-state index < -0.39 is 25.1 Å². The van der Waals surface area contributed by atoms with Gasteiger partial charge in [-0.05, 0) is 12.8 Å². The number of primary sulfonamides is 1. The molecule has 1 heterocycles. The number of hydrogen-bond acceptors (Lipinski definition) is 4. The fourth-order valence-corrected chi connectivity index (χ4v) is 3.88. The second-order valence-corrected chi connectivity index (χ2v) is 7.09. The number of hydrogen-bond donors (Lipinski definition) is 1. The molecule has 0 aromatic heterocycles. The number of sulfonamides is 1. The van der Waals surface area contributed by atoms with E-state index in [0.717, 1.165) is 0 Å². The second-order valence-electron chi connectivity index (χ2n) is 2.94. The molecule has 1 fully saturated rings. The molecule has 0 aliphatic carbocycles. The molecule has 0 bridgehead atoms. The van der Waals surface area contributed by atoms with Crippen molar-refractivity contribution in [1.29, 1.82) is 0 Å². The second kappa shape index (κ2) is 2.97. The molecule has 0 aromatic carbocycles. The highest BCUT2D eigenvalue weighted by atomic mass is 32.2. The summed E-state index contributed by atoms with van der Waals surface area (Å²) in [6.07, 6.45) is 0.280. The Labute approximate surface area is 71.9 Å². The van der Waals surface area contributed by atoms with E-state index in [1.54, 1.807) is 0 Å². The third-order valence-corrected chi connectivity index (χ3v) is 5.08. The Kier molecular flexibility index (Phi) is 2.46. The number of rotatable bonds is 1. The monoisotopic (exact) mass is 213 g/mol. The zero-order chi connectivity index (χ0) is 9.41. The van der Waals surface area contributed by atoms with E-state index in [9.17, 15) is 16.8 Å². The van der Waals surface area contributed by atoms with Gasteiger partial charge in [-0.2, -0.15) is 0 Å². The van der Waals surface area contributed by atoms with Crippen LogP contribution in [0.15, 0.2) is 0 Å². The largest absolute Gasteiger partial charge is 0.229 e. The molecular formula is C5H11NO4S2. The van der Waals surface area contributed by atoms with E-state index >= 15 is 0 Å². The summed E-state index contributed by atoms with van der Waals surface area (Å²) in [5, 5.41) is 4.21. The predicted molar refractivity (Wildman–Crippen MR) is 44.8 cm³/mol. The van der Waals surface area contributed by atoms with Crippen LogP contribution in [0.4, 0.5) is 0 Å². The van der Waals surface area contributed by atoms with Crippen LogP contribution in [0.1, 0.15) is 12.8 Å². The Hall–Kier alpha value is -0.140. The van der Waals surface area contributed by atoms with Gasteiger partial charge in [-0.1, -0.05) is 0 Å². The van der Waals surface area contributed by atoms with Crippen LogP contribution in [0.5, 0.6) is 0 Å². The summed E-state index contributed by atoms with van der Waals surface area (Å²) in [6, 6.07) is 0. The van der Waals surface area contributed by atoms with Crippen LogP contribution in [-0.4, -0.2) is 33.6 Å². The molecule has 0 atom stereocenters. The maximum atomic E-state index is 10.9. The van der Waals surface area contributed by atoms with Gasteiger partial charge in [-0.3, -0.25) is 0 Å². The molecule has 5 nitrogen and oxygen atoms in total. The van der Waals surface area contributed by atoms with Gasteiger partial charge in [0.2, 0.25) is 10.0 Å². The van der Waals surface area contributed by atoms with Crippen molar-refractivity contribution in [2.75, 3.05) is 11.5 Å². The lowest BCUT2D eigenvalue weighted by Gasteiger charge is -2.19. The molecular weight excluding hydrogens is 202 g/mol. The lowest BCUT2D eigenvalue weighted by molar-refractivity contribution is 0.553. The fraction of sp³-hybridized carbons (Fsp3) is 1.00. The summed E-state index contributed by atoms with van der Waals surface area (Å²) in [5.41, 5.74) is 0. The van der Waals surface area contributed by atoms with Gasteiger partial charge in [0.05, 0.1) is 16.8 Å². The molecule has 7 heteroatoms.